The van der Waals surface area contributed by atoms with E-state index in [0.717, 1.165) is 17.2 Å². The molecule has 1 aromatic carbocycles. The molecule has 0 unspecified atom stereocenters. The molecule has 3 nitrogen and oxygen atoms in total. The van der Waals surface area contributed by atoms with Crippen LogP contribution in [0, 0.1) is 0 Å². The van der Waals surface area contributed by atoms with Gasteiger partial charge in [0.1, 0.15) is 5.52 Å². The zero-order valence-corrected chi connectivity index (χ0v) is 7.27. The highest BCUT2D eigenvalue weighted by atomic mass is 16.1. The molecule has 1 heterocycles. The van der Waals surface area contributed by atoms with E-state index < -0.39 is 0 Å². The summed E-state index contributed by atoms with van der Waals surface area (Å²) in [6, 6.07) is 7.82. The summed E-state index contributed by atoms with van der Waals surface area (Å²) in [5.74, 6) is 0.443. The Bertz CT molecular complexity index is 465. The van der Waals surface area contributed by atoms with Crippen molar-refractivity contribution in [1.82, 2.24) is 4.98 Å². The van der Waals surface area contributed by atoms with Crippen LogP contribution in [0.25, 0.3) is 10.9 Å². The lowest BCUT2D eigenvalue weighted by molar-refractivity contribution is -0.649. The largest absolute Gasteiger partial charge is 0.363 e. The summed E-state index contributed by atoms with van der Waals surface area (Å²) >= 11 is 0. The highest BCUT2D eigenvalue weighted by Gasteiger charge is 2.10. The molecule has 2 aromatic rings. The smallest absolute Gasteiger partial charge is 0.289 e. The van der Waals surface area contributed by atoms with Crippen LogP contribution in [0.15, 0.2) is 30.5 Å². The van der Waals surface area contributed by atoms with Gasteiger partial charge in [-0.05, 0) is 17.1 Å². The average molecular weight is 173 g/mol. The molecule has 3 heteroatoms. The third-order valence-electron chi connectivity index (χ3n) is 2.08. The Labute approximate surface area is 75.7 Å². The van der Waals surface area contributed by atoms with E-state index in [9.17, 15) is 4.79 Å². The molecule has 1 aromatic heterocycles. The Hall–Kier alpha value is -1.77. The van der Waals surface area contributed by atoms with Crippen molar-refractivity contribution in [3.63, 3.8) is 0 Å². The average Bonchev–Trinajstić information content (AvgIpc) is 2.19. The minimum atomic E-state index is 0.443. The van der Waals surface area contributed by atoms with Crippen LogP contribution >= 0.6 is 0 Å². The van der Waals surface area contributed by atoms with Gasteiger partial charge in [-0.3, -0.25) is 4.79 Å². The minimum Gasteiger partial charge on any atom is -0.289 e. The van der Waals surface area contributed by atoms with Gasteiger partial charge in [0.15, 0.2) is 6.20 Å². The molecular weight excluding hydrogens is 164 g/mol. The summed E-state index contributed by atoms with van der Waals surface area (Å²) in [5.41, 5.74) is 1.01. The van der Waals surface area contributed by atoms with Crippen LogP contribution in [0.5, 0.6) is 0 Å². The summed E-state index contributed by atoms with van der Waals surface area (Å²) in [6.07, 6.45) is 2.46. The maximum Gasteiger partial charge on any atom is 0.363 e. The topological polar surface area (TPSA) is 33.8 Å². The number of hydrogen-bond acceptors (Lipinski definition) is 2. The fourth-order valence-corrected chi connectivity index (χ4v) is 1.36. The first-order valence-electron chi connectivity index (χ1n) is 4.02. The van der Waals surface area contributed by atoms with Gasteiger partial charge in [-0.25, -0.2) is 4.57 Å². The zero-order chi connectivity index (χ0) is 9.26. The van der Waals surface area contributed by atoms with E-state index in [4.69, 9.17) is 0 Å². The number of aromatic nitrogens is 2. The fraction of sp³-hybridized carbons (Fsp3) is 0.100. The predicted molar refractivity (Wildman–Crippen MR) is 48.3 cm³/mol. The van der Waals surface area contributed by atoms with Gasteiger partial charge in [-0.1, -0.05) is 12.1 Å². The molecule has 0 spiro atoms. The van der Waals surface area contributed by atoms with E-state index in [0.29, 0.717) is 5.82 Å². The monoisotopic (exact) mass is 173 g/mol. The Morgan fingerprint density at radius 2 is 2.15 bits per heavy atom. The SMILES string of the molecule is C[n+]1c(C=O)ncc2ccccc21. The van der Waals surface area contributed by atoms with Gasteiger partial charge in [0.05, 0.1) is 12.4 Å². The maximum absolute atomic E-state index is 10.6. The molecule has 0 aliphatic carbocycles. The molecule has 0 aliphatic heterocycles. The molecule has 0 atom stereocenters. The normalized spacial score (nSPS) is 10.2. The second-order valence-corrected chi connectivity index (χ2v) is 2.85. The molecule has 0 saturated carbocycles. The van der Waals surface area contributed by atoms with Crippen molar-refractivity contribution in [3.05, 3.63) is 36.3 Å². The first-order chi connectivity index (χ1) is 6.33. The van der Waals surface area contributed by atoms with Gasteiger partial charge < -0.3 is 0 Å². The number of para-hydroxylation sites is 1. The number of nitrogens with zero attached hydrogens (tertiary/aromatic N) is 2. The molecular formula is C10H9N2O+. The number of carbonyl (C=O) groups excluding carboxylic acids is 1. The number of aldehydes is 1. The van der Waals surface area contributed by atoms with Crippen molar-refractivity contribution in [2.45, 2.75) is 0 Å². The quantitative estimate of drug-likeness (QED) is 0.473. The number of carbonyl (C=O) groups is 1. The van der Waals surface area contributed by atoms with Gasteiger partial charge in [0.2, 0.25) is 6.29 Å². The molecule has 2 rings (SSSR count). The minimum absolute atomic E-state index is 0.443. The van der Waals surface area contributed by atoms with Gasteiger partial charge >= 0.3 is 5.82 Å². The van der Waals surface area contributed by atoms with E-state index in [2.05, 4.69) is 4.98 Å². The standard InChI is InChI=1S/C10H9N2O/c1-12-9-5-3-2-4-8(9)6-11-10(12)7-13/h2-7H,1H3/q+1. The second kappa shape index (κ2) is 2.94. The molecule has 0 radical (unpaired) electrons. The zero-order valence-electron chi connectivity index (χ0n) is 7.27. The van der Waals surface area contributed by atoms with Crippen molar-refractivity contribution in [1.29, 1.82) is 0 Å². The lowest BCUT2D eigenvalue weighted by Gasteiger charge is -1.97. The number of fused-ring (bicyclic) bond motifs is 1. The Balaban J connectivity index is 2.86. The number of aryl methyl sites for hydroxylation is 1. The van der Waals surface area contributed by atoms with Crippen LogP contribution in [0.4, 0.5) is 0 Å². The lowest BCUT2D eigenvalue weighted by atomic mass is 10.2. The van der Waals surface area contributed by atoms with Crippen molar-refractivity contribution in [3.8, 4) is 0 Å². The molecule has 0 amide bonds. The molecule has 0 saturated heterocycles. The fourth-order valence-electron chi connectivity index (χ4n) is 1.36. The molecule has 0 aliphatic rings. The Kier molecular flexibility index (Phi) is 1.77. The van der Waals surface area contributed by atoms with Gasteiger partial charge in [-0.15, -0.1) is 0 Å². The molecule has 0 fully saturated rings. The van der Waals surface area contributed by atoms with Crippen LogP contribution in [-0.4, -0.2) is 11.3 Å². The number of benzene rings is 1. The summed E-state index contributed by atoms with van der Waals surface area (Å²) < 4.78 is 1.78. The van der Waals surface area contributed by atoms with Crippen LogP contribution < -0.4 is 4.57 Å². The van der Waals surface area contributed by atoms with Crippen molar-refractivity contribution in [2.75, 3.05) is 0 Å². The van der Waals surface area contributed by atoms with Gasteiger partial charge in [-0.2, -0.15) is 0 Å². The summed E-state index contributed by atoms with van der Waals surface area (Å²) in [6.45, 7) is 0. The summed E-state index contributed by atoms with van der Waals surface area (Å²) in [7, 11) is 1.83. The van der Waals surface area contributed by atoms with Crippen LogP contribution in [-0.2, 0) is 7.05 Å². The lowest BCUT2D eigenvalue weighted by Crippen LogP contribution is -2.35. The first-order valence-corrected chi connectivity index (χ1v) is 4.02. The predicted octanol–water partition coefficient (Wildman–Crippen LogP) is 0.872. The molecule has 64 valence electrons. The third kappa shape index (κ3) is 1.18. The highest BCUT2D eigenvalue weighted by molar-refractivity contribution is 5.76. The second-order valence-electron chi connectivity index (χ2n) is 2.85. The van der Waals surface area contributed by atoms with E-state index in [1.165, 1.54) is 0 Å². The van der Waals surface area contributed by atoms with Crippen LogP contribution in [0.2, 0.25) is 0 Å². The van der Waals surface area contributed by atoms with Crippen molar-refractivity contribution < 1.29 is 9.36 Å². The Morgan fingerprint density at radius 1 is 1.38 bits per heavy atom. The van der Waals surface area contributed by atoms with Gasteiger partial charge in [0, 0.05) is 0 Å². The van der Waals surface area contributed by atoms with E-state index in [1.807, 2.05) is 31.3 Å². The number of rotatable bonds is 1. The summed E-state index contributed by atoms with van der Waals surface area (Å²) in [4.78, 5) is 14.6. The van der Waals surface area contributed by atoms with E-state index in [1.54, 1.807) is 10.8 Å². The van der Waals surface area contributed by atoms with Crippen molar-refractivity contribution in [2.24, 2.45) is 7.05 Å². The summed E-state index contributed by atoms with van der Waals surface area (Å²) in [5, 5.41) is 1.04. The highest BCUT2D eigenvalue weighted by Crippen LogP contribution is 2.06. The van der Waals surface area contributed by atoms with E-state index >= 15 is 0 Å². The van der Waals surface area contributed by atoms with Gasteiger partial charge in [0.25, 0.3) is 0 Å². The van der Waals surface area contributed by atoms with Crippen molar-refractivity contribution >= 4 is 17.2 Å². The first kappa shape index (κ1) is 7.86. The van der Waals surface area contributed by atoms with Crippen LogP contribution in [0.1, 0.15) is 10.6 Å². The molecule has 13 heavy (non-hydrogen) atoms. The van der Waals surface area contributed by atoms with Crippen LogP contribution in [0.3, 0.4) is 0 Å². The molecule has 0 bridgehead atoms. The Morgan fingerprint density at radius 3 is 2.92 bits per heavy atom. The van der Waals surface area contributed by atoms with E-state index in [-0.39, 0.29) is 0 Å². The number of hydrogen-bond donors (Lipinski definition) is 0. The molecule has 0 N–H and O–H groups in total. The third-order valence-corrected chi connectivity index (χ3v) is 2.08. The maximum atomic E-state index is 10.6.